The van der Waals surface area contributed by atoms with Crippen LogP contribution in [-0.2, 0) is 5.41 Å². The van der Waals surface area contributed by atoms with Gasteiger partial charge in [-0.1, -0.05) is 97.1 Å². The smallest absolute Gasteiger partial charge is 0.0619 e. The molecule has 0 bridgehead atoms. The van der Waals surface area contributed by atoms with Crippen LogP contribution in [0.1, 0.15) is 22.3 Å². The molecule has 134 valence electrons. The Kier molecular flexibility index (Phi) is 2.77. The van der Waals surface area contributed by atoms with E-state index in [2.05, 4.69) is 109 Å². The Balaban J connectivity index is 1.74. The van der Waals surface area contributed by atoms with Crippen LogP contribution in [0.3, 0.4) is 0 Å². The molecule has 0 radical (unpaired) electrons. The second-order valence-electron chi connectivity index (χ2n) is 8.13. The minimum Gasteiger partial charge on any atom is -0.0619 e. The largest absolute Gasteiger partial charge is 0.0725 e. The number of hydrogen-bond donors (Lipinski definition) is 0. The third-order valence-electron chi connectivity index (χ3n) is 6.86. The fraction of sp³-hybridized carbons (Fsp3) is 0.0345. The van der Waals surface area contributed by atoms with Crippen molar-refractivity contribution < 1.29 is 0 Å². The van der Waals surface area contributed by atoms with E-state index < -0.39 is 0 Å². The monoisotopic (exact) mass is 366 g/mol. The Labute approximate surface area is 170 Å². The number of benzene rings is 5. The maximum atomic E-state index is 2.43. The first-order valence-electron chi connectivity index (χ1n) is 10.2. The first-order valence-corrected chi connectivity index (χ1v) is 10.2. The molecular weight excluding hydrogens is 348 g/mol. The maximum Gasteiger partial charge on any atom is 0.0725 e. The lowest BCUT2D eigenvalue weighted by molar-refractivity contribution is 0.795. The van der Waals surface area contributed by atoms with Crippen LogP contribution in [0.4, 0.5) is 0 Å². The molecule has 7 rings (SSSR count). The predicted molar refractivity (Wildman–Crippen MR) is 120 cm³/mol. The lowest BCUT2D eigenvalue weighted by Gasteiger charge is -2.30. The number of fused-ring (bicyclic) bond motifs is 11. The van der Waals surface area contributed by atoms with Crippen molar-refractivity contribution in [2.75, 3.05) is 0 Å². The molecule has 0 saturated heterocycles. The normalized spacial score (nSPS) is 14.5. The van der Waals surface area contributed by atoms with E-state index in [1.165, 1.54) is 55.3 Å². The van der Waals surface area contributed by atoms with E-state index >= 15 is 0 Å². The van der Waals surface area contributed by atoms with Gasteiger partial charge in [-0.25, -0.2) is 0 Å². The zero-order chi connectivity index (χ0) is 19.0. The fourth-order valence-corrected chi connectivity index (χ4v) is 5.78. The van der Waals surface area contributed by atoms with E-state index in [1.807, 2.05) is 0 Å². The molecule has 0 fully saturated rings. The van der Waals surface area contributed by atoms with Crippen molar-refractivity contribution in [1.82, 2.24) is 0 Å². The van der Waals surface area contributed by atoms with Gasteiger partial charge in [0.25, 0.3) is 0 Å². The van der Waals surface area contributed by atoms with Crippen molar-refractivity contribution in [2.45, 2.75) is 5.41 Å². The SMILES string of the molecule is c1ccc2c(c1)-c1ccccc1C21c2ccccc2-c2cc3ccccc3cc21. The minimum atomic E-state index is -0.233. The molecule has 0 heteroatoms. The second-order valence-corrected chi connectivity index (χ2v) is 8.13. The molecular formula is C29H18. The highest BCUT2D eigenvalue weighted by molar-refractivity contribution is 5.99. The fourth-order valence-electron chi connectivity index (χ4n) is 5.78. The molecule has 0 atom stereocenters. The Morgan fingerprint density at radius 2 is 0.759 bits per heavy atom. The van der Waals surface area contributed by atoms with Crippen LogP contribution in [0.5, 0.6) is 0 Å². The van der Waals surface area contributed by atoms with E-state index in [-0.39, 0.29) is 5.41 Å². The number of hydrogen-bond acceptors (Lipinski definition) is 0. The van der Waals surface area contributed by atoms with E-state index in [1.54, 1.807) is 0 Å². The molecule has 0 aliphatic heterocycles. The Morgan fingerprint density at radius 3 is 1.31 bits per heavy atom. The summed E-state index contributed by atoms with van der Waals surface area (Å²) in [6.45, 7) is 0. The lowest BCUT2D eigenvalue weighted by Crippen LogP contribution is -2.25. The van der Waals surface area contributed by atoms with Crippen LogP contribution in [0.2, 0.25) is 0 Å². The summed E-state index contributed by atoms with van der Waals surface area (Å²) in [6, 6.07) is 40.5. The average molecular weight is 366 g/mol. The molecule has 5 aromatic rings. The lowest BCUT2D eigenvalue weighted by atomic mass is 9.70. The van der Waals surface area contributed by atoms with E-state index in [0.29, 0.717) is 0 Å². The van der Waals surface area contributed by atoms with Gasteiger partial charge in [0.2, 0.25) is 0 Å². The van der Waals surface area contributed by atoms with Crippen LogP contribution in [0.25, 0.3) is 33.0 Å². The van der Waals surface area contributed by atoms with Crippen molar-refractivity contribution in [3.05, 3.63) is 131 Å². The van der Waals surface area contributed by atoms with Crippen LogP contribution < -0.4 is 0 Å². The summed E-state index contributed by atoms with van der Waals surface area (Å²) >= 11 is 0. The third-order valence-corrected chi connectivity index (χ3v) is 6.86. The summed E-state index contributed by atoms with van der Waals surface area (Å²) < 4.78 is 0. The third kappa shape index (κ3) is 1.71. The van der Waals surface area contributed by atoms with Gasteiger partial charge in [0.05, 0.1) is 5.41 Å². The maximum absolute atomic E-state index is 2.43. The summed E-state index contributed by atoms with van der Waals surface area (Å²) in [7, 11) is 0. The highest BCUT2D eigenvalue weighted by Gasteiger charge is 2.51. The van der Waals surface area contributed by atoms with Crippen LogP contribution >= 0.6 is 0 Å². The Bertz CT molecular complexity index is 1410. The topological polar surface area (TPSA) is 0 Å². The summed E-state index contributed by atoms with van der Waals surface area (Å²) in [5.74, 6) is 0. The summed E-state index contributed by atoms with van der Waals surface area (Å²) in [5.41, 5.74) is 10.8. The highest BCUT2D eigenvalue weighted by Crippen LogP contribution is 2.62. The highest BCUT2D eigenvalue weighted by atomic mass is 14.5. The average Bonchev–Trinajstić information content (AvgIpc) is 3.25. The Hall–Kier alpha value is -3.64. The van der Waals surface area contributed by atoms with Gasteiger partial charge in [-0.15, -0.1) is 0 Å². The van der Waals surface area contributed by atoms with Crippen molar-refractivity contribution in [1.29, 1.82) is 0 Å². The second kappa shape index (κ2) is 5.24. The van der Waals surface area contributed by atoms with E-state index in [0.717, 1.165) is 0 Å². The van der Waals surface area contributed by atoms with Gasteiger partial charge < -0.3 is 0 Å². The predicted octanol–water partition coefficient (Wildman–Crippen LogP) is 7.18. The van der Waals surface area contributed by atoms with Crippen LogP contribution in [0.15, 0.2) is 109 Å². The van der Waals surface area contributed by atoms with Gasteiger partial charge in [0, 0.05) is 0 Å². The summed E-state index contributed by atoms with van der Waals surface area (Å²) in [5, 5.41) is 2.61. The molecule has 0 heterocycles. The van der Waals surface area contributed by atoms with E-state index in [4.69, 9.17) is 0 Å². The molecule has 2 aliphatic carbocycles. The quantitative estimate of drug-likeness (QED) is 0.267. The van der Waals surface area contributed by atoms with Crippen molar-refractivity contribution in [2.24, 2.45) is 0 Å². The van der Waals surface area contributed by atoms with E-state index in [9.17, 15) is 0 Å². The van der Waals surface area contributed by atoms with Gasteiger partial charge in [-0.3, -0.25) is 0 Å². The van der Waals surface area contributed by atoms with Gasteiger partial charge in [-0.05, 0) is 67.4 Å². The van der Waals surface area contributed by atoms with Gasteiger partial charge >= 0.3 is 0 Å². The molecule has 0 nitrogen and oxygen atoms in total. The molecule has 0 unspecified atom stereocenters. The van der Waals surface area contributed by atoms with Gasteiger partial charge in [0.1, 0.15) is 0 Å². The molecule has 0 aromatic heterocycles. The molecule has 5 aromatic carbocycles. The van der Waals surface area contributed by atoms with Gasteiger partial charge in [-0.2, -0.15) is 0 Å². The first-order chi connectivity index (χ1) is 14.4. The number of rotatable bonds is 0. The van der Waals surface area contributed by atoms with Crippen molar-refractivity contribution >= 4 is 10.8 Å². The molecule has 2 aliphatic rings. The molecule has 1 spiro atoms. The van der Waals surface area contributed by atoms with Crippen molar-refractivity contribution in [3.63, 3.8) is 0 Å². The summed E-state index contributed by atoms with van der Waals surface area (Å²) in [4.78, 5) is 0. The summed E-state index contributed by atoms with van der Waals surface area (Å²) in [6.07, 6.45) is 0. The molecule has 0 saturated carbocycles. The molecule has 0 N–H and O–H groups in total. The van der Waals surface area contributed by atoms with Gasteiger partial charge in [0.15, 0.2) is 0 Å². The standard InChI is InChI=1S/C29H18/c1-2-10-20-18-28-24(17-19(20)9-1)23-13-5-8-16-27(23)29(28)25-14-6-3-11-21(25)22-12-4-7-15-26(22)29/h1-18H. The first kappa shape index (κ1) is 15.3. The Morgan fingerprint density at radius 1 is 0.345 bits per heavy atom. The molecule has 29 heavy (non-hydrogen) atoms. The molecule has 0 amide bonds. The van der Waals surface area contributed by atoms with Crippen LogP contribution in [-0.4, -0.2) is 0 Å². The zero-order valence-electron chi connectivity index (χ0n) is 15.9. The minimum absolute atomic E-state index is 0.233. The zero-order valence-corrected chi connectivity index (χ0v) is 15.9. The van der Waals surface area contributed by atoms with Crippen molar-refractivity contribution in [3.8, 4) is 22.3 Å². The van der Waals surface area contributed by atoms with Crippen LogP contribution in [0, 0.1) is 0 Å².